The predicted molar refractivity (Wildman–Crippen MR) is 89.5 cm³/mol. The van der Waals surface area contributed by atoms with Crippen molar-refractivity contribution in [1.29, 1.82) is 0 Å². The molecule has 1 aromatic heterocycles. The van der Waals surface area contributed by atoms with Crippen LogP contribution in [0.3, 0.4) is 0 Å². The van der Waals surface area contributed by atoms with Gasteiger partial charge in [0.15, 0.2) is 0 Å². The largest absolute Gasteiger partial charge is 0.295 e. The van der Waals surface area contributed by atoms with Gasteiger partial charge in [0, 0.05) is 12.6 Å². The summed E-state index contributed by atoms with van der Waals surface area (Å²) in [5, 5.41) is 4.05. The molecule has 7 heteroatoms. The predicted octanol–water partition coefficient (Wildman–Crippen LogP) is 3.00. The fourth-order valence-electron chi connectivity index (χ4n) is 2.88. The minimum Gasteiger partial charge on any atom is -0.295 e. The molecule has 1 atom stereocenters. The van der Waals surface area contributed by atoms with E-state index in [0.29, 0.717) is 0 Å². The number of hydrogen-bond donors (Lipinski definition) is 1. The molecule has 2 heterocycles. The first-order valence-electron chi connectivity index (χ1n) is 7.58. The van der Waals surface area contributed by atoms with E-state index in [4.69, 9.17) is 0 Å². The summed E-state index contributed by atoms with van der Waals surface area (Å²) in [6.07, 6.45) is 2.27. The quantitative estimate of drug-likeness (QED) is 0.868. The van der Waals surface area contributed by atoms with E-state index in [0.717, 1.165) is 37.6 Å². The first-order valence-corrected chi connectivity index (χ1v) is 10.0. The highest BCUT2D eigenvalue weighted by Gasteiger charge is 2.26. The zero-order chi connectivity index (χ0) is 16.3. The number of thiophene rings is 1. The SMILES string of the molecule is O=S(=O)(NC[C@H](c1ccsc1)N1CCCC1)c1cccc(F)c1. The lowest BCUT2D eigenvalue weighted by Gasteiger charge is -2.27. The molecule has 0 bridgehead atoms. The van der Waals surface area contributed by atoms with Crippen molar-refractivity contribution in [3.8, 4) is 0 Å². The van der Waals surface area contributed by atoms with Gasteiger partial charge in [0.05, 0.1) is 4.90 Å². The molecule has 23 heavy (non-hydrogen) atoms. The van der Waals surface area contributed by atoms with Gasteiger partial charge in [0.1, 0.15) is 5.82 Å². The average Bonchev–Trinajstić information content (AvgIpc) is 3.21. The standard InChI is InChI=1S/C16H19FN2O2S2/c17-14-4-3-5-15(10-14)23(20,21)18-11-16(13-6-9-22-12-13)19-7-1-2-8-19/h3-6,9-10,12,16,18H,1-2,7-8,11H2/t16-/m1/s1. The second kappa shape index (κ2) is 7.09. The van der Waals surface area contributed by atoms with Gasteiger partial charge in [-0.25, -0.2) is 17.5 Å². The summed E-state index contributed by atoms with van der Waals surface area (Å²) >= 11 is 1.60. The van der Waals surface area contributed by atoms with Crippen molar-refractivity contribution >= 4 is 21.4 Å². The molecule has 1 N–H and O–H groups in total. The highest BCUT2D eigenvalue weighted by Crippen LogP contribution is 2.26. The Hall–Kier alpha value is -1.28. The minimum atomic E-state index is -3.71. The molecule has 1 aromatic carbocycles. The van der Waals surface area contributed by atoms with Crippen LogP contribution in [-0.4, -0.2) is 33.0 Å². The van der Waals surface area contributed by atoms with Crippen molar-refractivity contribution in [2.24, 2.45) is 0 Å². The van der Waals surface area contributed by atoms with Crippen LogP contribution in [0.2, 0.25) is 0 Å². The van der Waals surface area contributed by atoms with E-state index in [-0.39, 0.29) is 17.5 Å². The average molecular weight is 354 g/mol. The molecule has 0 spiro atoms. The third-order valence-corrected chi connectivity index (χ3v) is 6.21. The molecular weight excluding hydrogens is 335 g/mol. The summed E-state index contributed by atoms with van der Waals surface area (Å²) in [6.45, 7) is 2.24. The van der Waals surface area contributed by atoms with Crippen molar-refractivity contribution in [3.63, 3.8) is 0 Å². The summed E-state index contributed by atoms with van der Waals surface area (Å²) in [6, 6.07) is 7.13. The number of benzene rings is 1. The molecule has 0 saturated carbocycles. The molecule has 0 radical (unpaired) electrons. The molecule has 1 aliphatic heterocycles. The molecule has 0 aliphatic carbocycles. The summed E-state index contributed by atoms with van der Waals surface area (Å²) in [4.78, 5) is 2.26. The molecule has 124 valence electrons. The fourth-order valence-corrected chi connectivity index (χ4v) is 4.66. The van der Waals surface area contributed by atoms with Crippen LogP contribution in [0, 0.1) is 5.82 Å². The summed E-state index contributed by atoms with van der Waals surface area (Å²) in [5.74, 6) is -0.554. The molecule has 0 unspecified atom stereocenters. The van der Waals surface area contributed by atoms with Gasteiger partial charge in [-0.15, -0.1) is 0 Å². The van der Waals surface area contributed by atoms with Gasteiger partial charge in [-0.1, -0.05) is 6.07 Å². The van der Waals surface area contributed by atoms with Gasteiger partial charge >= 0.3 is 0 Å². The van der Waals surface area contributed by atoms with Crippen molar-refractivity contribution in [2.45, 2.75) is 23.8 Å². The summed E-state index contributed by atoms with van der Waals surface area (Å²) in [5.41, 5.74) is 1.12. The molecule has 3 rings (SSSR count). The lowest BCUT2D eigenvalue weighted by molar-refractivity contribution is 0.247. The molecule has 2 aromatic rings. The summed E-state index contributed by atoms with van der Waals surface area (Å²) in [7, 11) is -3.71. The Balaban J connectivity index is 1.76. The van der Waals surface area contributed by atoms with E-state index in [1.54, 1.807) is 11.3 Å². The number of halogens is 1. The molecule has 1 saturated heterocycles. The van der Waals surface area contributed by atoms with Crippen LogP contribution in [-0.2, 0) is 10.0 Å². The fraction of sp³-hybridized carbons (Fsp3) is 0.375. The Morgan fingerprint density at radius 1 is 1.26 bits per heavy atom. The number of nitrogens with one attached hydrogen (secondary N) is 1. The van der Waals surface area contributed by atoms with E-state index in [1.165, 1.54) is 18.2 Å². The van der Waals surface area contributed by atoms with Crippen LogP contribution in [0.25, 0.3) is 0 Å². The van der Waals surface area contributed by atoms with Gasteiger partial charge in [-0.2, -0.15) is 11.3 Å². The van der Waals surface area contributed by atoms with Gasteiger partial charge in [0.2, 0.25) is 10.0 Å². The number of hydrogen-bond acceptors (Lipinski definition) is 4. The van der Waals surface area contributed by atoms with Crippen molar-refractivity contribution in [1.82, 2.24) is 9.62 Å². The van der Waals surface area contributed by atoms with E-state index in [2.05, 4.69) is 15.0 Å². The Morgan fingerprint density at radius 3 is 2.70 bits per heavy atom. The maximum Gasteiger partial charge on any atom is 0.240 e. The van der Waals surface area contributed by atoms with E-state index >= 15 is 0 Å². The normalized spacial score (nSPS) is 17.4. The first kappa shape index (κ1) is 16.6. The van der Waals surface area contributed by atoms with Gasteiger partial charge in [-0.05, 0) is 66.5 Å². The maximum atomic E-state index is 13.3. The molecule has 1 fully saturated rings. The number of nitrogens with zero attached hydrogens (tertiary/aromatic N) is 1. The Labute approximate surface area is 140 Å². The molecule has 0 amide bonds. The minimum absolute atomic E-state index is 0.0204. The number of likely N-dealkylation sites (tertiary alicyclic amines) is 1. The molecule has 4 nitrogen and oxygen atoms in total. The van der Waals surface area contributed by atoms with E-state index in [1.807, 2.05) is 11.4 Å². The van der Waals surface area contributed by atoms with Crippen LogP contribution in [0.4, 0.5) is 4.39 Å². The second-order valence-electron chi connectivity index (χ2n) is 5.62. The Morgan fingerprint density at radius 2 is 2.04 bits per heavy atom. The van der Waals surface area contributed by atoms with Crippen molar-refractivity contribution in [2.75, 3.05) is 19.6 Å². The van der Waals surface area contributed by atoms with E-state index in [9.17, 15) is 12.8 Å². The van der Waals surface area contributed by atoms with Crippen LogP contribution in [0.15, 0.2) is 46.0 Å². The number of sulfonamides is 1. The lowest BCUT2D eigenvalue weighted by atomic mass is 10.1. The van der Waals surface area contributed by atoms with Gasteiger partial charge in [-0.3, -0.25) is 4.90 Å². The third kappa shape index (κ3) is 3.98. The third-order valence-electron chi connectivity index (χ3n) is 4.08. The van der Waals surface area contributed by atoms with Crippen LogP contribution < -0.4 is 4.72 Å². The van der Waals surface area contributed by atoms with Crippen LogP contribution in [0.1, 0.15) is 24.4 Å². The highest BCUT2D eigenvalue weighted by atomic mass is 32.2. The van der Waals surface area contributed by atoms with Crippen molar-refractivity contribution < 1.29 is 12.8 Å². The van der Waals surface area contributed by atoms with Gasteiger partial charge in [0.25, 0.3) is 0 Å². The molecule has 1 aliphatic rings. The first-order chi connectivity index (χ1) is 11.1. The second-order valence-corrected chi connectivity index (χ2v) is 8.17. The highest BCUT2D eigenvalue weighted by molar-refractivity contribution is 7.89. The maximum absolute atomic E-state index is 13.3. The summed E-state index contributed by atoms with van der Waals surface area (Å²) < 4.78 is 40.7. The van der Waals surface area contributed by atoms with Crippen LogP contribution >= 0.6 is 11.3 Å². The van der Waals surface area contributed by atoms with E-state index < -0.39 is 15.8 Å². The topological polar surface area (TPSA) is 49.4 Å². The Bertz CT molecular complexity index is 741. The van der Waals surface area contributed by atoms with Crippen molar-refractivity contribution in [3.05, 3.63) is 52.5 Å². The zero-order valence-electron chi connectivity index (χ0n) is 12.6. The monoisotopic (exact) mass is 354 g/mol. The van der Waals surface area contributed by atoms with Crippen LogP contribution in [0.5, 0.6) is 0 Å². The van der Waals surface area contributed by atoms with Gasteiger partial charge < -0.3 is 0 Å². The lowest BCUT2D eigenvalue weighted by Crippen LogP contribution is -2.36. The Kier molecular flexibility index (Phi) is 5.11. The smallest absolute Gasteiger partial charge is 0.240 e. The number of rotatable bonds is 6. The zero-order valence-corrected chi connectivity index (χ0v) is 14.2. The molecular formula is C16H19FN2O2S2.